The second-order valence-corrected chi connectivity index (χ2v) is 6.25. The molecule has 0 spiro atoms. The third kappa shape index (κ3) is 3.25. The highest BCUT2D eigenvalue weighted by Gasteiger charge is 2.39. The topological polar surface area (TPSA) is 41.5 Å². The summed E-state index contributed by atoms with van der Waals surface area (Å²) in [6.07, 6.45) is 10.4. The van der Waals surface area contributed by atoms with Crippen LogP contribution >= 0.6 is 0 Å². The van der Waals surface area contributed by atoms with Gasteiger partial charge in [-0.15, -0.1) is 0 Å². The highest BCUT2D eigenvalue weighted by Crippen LogP contribution is 2.35. The standard InChI is InChI=1S/C15H29NO2/c1-3-12-5-4-6-13(9-12)18-14-7-8-15(10-14,11-17)16-2/h12-14,16-17H,3-11H2,1-2H3. The lowest BCUT2D eigenvalue weighted by Gasteiger charge is -2.31. The average molecular weight is 255 g/mol. The summed E-state index contributed by atoms with van der Waals surface area (Å²) in [6.45, 7) is 2.52. The Morgan fingerprint density at radius 1 is 1.28 bits per heavy atom. The maximum atomic E-state index is 9.50. The molecule has 0 aromatic heterocycles. The smallest absolute Gasteiger partial charge is 0.0614 e. The van der Waals surface area contributed by atoms with Gasteiger partial charge in [-0.3, -0.25) is 0 Å². The molecule has 4 atom stereocenters. The van der Waals surface area contributed by atoms with Gasteiger partial charge in [0.25, 0.3) is 0 Å². The third-order valence-electron chi connectivity index (χ3n) is 5.09. The van der Waals surface area contributed by atoms with Gasteiger partial charge in [0.05, 0.1) is 18.8 Å². The monoisotopic (exact) mass is 255 g/mol. The van der Waals surface area contributed by atoms with Gasteiger partial charge in [0.1, 0.15) is 0 Å². The van der Waals surface area contributed by atoms with E-state index in [1.807, 2.05) is 7.05 Å². The van der Waals surface area contributed by atoms with Crippen molar-refractivity contribution in [3.63, 3.8) is 0 Å². The minimum atomic E-state index is -0.0799. The van der Waals surface area contributed by atoms with Crippen LogP contribution in [-0.2, 0) is 4.74 Å². The van der Waals surface area contributed by atoms with E-state index in [9.17, 15) is 5.11 Å². The van der Waals surface area contributed by atoms with E-state index in [2.05, 4.69) is 12.2 Å². The summed E-state index contributed by atoms with van der Waals surface area (Å²) in [5.41, 5.74) is -0.0799. The fraction of sp³-hybridized carbons (Fsp3) is 1.00. The van der Waals surface area contributed by atoms with Crippen molar-refractivity contribution < 1.29 is 9.84 Å². The van der Waals surface area contributed by atoms with Crippen LogP contribution in [0.1, 0.15) is 58.3 Å². The summed E-state index contributed by atoms with van der Waals surface area (Å²) >= 11 is 0. The SMILES string of the molecule is CCC1CCCC(OC2CCC(CO)(NC)C2)C1. The number of ether oxygens (including phenoxy) is 1. The molecular formula is C15H29NO2. The summed E-state index contributed by atoms with van der Waals surface area (Å²) in [4.78, 5) is 0. The van der Waals surface area contributed by atoms with Crippen LogP contribution in [0.25, 0.3) is 0 Å². The zero-order valence-corrected chi connectivity index (χ0v) is 12.0. The second-order valence-electron chi connectivity index (χ2n) is 6.25. The van der Waals surface area contributed by atoms with Crippen LogP contribution in [0.15, 0.2) is 0 Å². The molecule has 0 bridgehead atoms. The van der Waals surface area contributed by atoms with Crippen LogP contribution in [-0.4, -0.2) is 36.5 Å². The first-order valence-electron chi connectivity index (χ1n) is 7.66. The van der Waals surface area contributed by atoms with Crippen LogP contribution in [0.5, 0.6) is 0 Å². The minimum absolute atomic E-state index is 0.0799. The number of aliphatic hydroxyl groups is 1. The van der Waals surface area contributed by atoms with Crippen LogP contribution in [0, 0.1) is 5.92 Å². The van der Waals surface area contributed by atoms with Crippen molar-refractivity contribution in [2.45, 2.75) is 76.0 Å². The van der Waals surface area contributed by atoms with Crippen molar-refractivity contribution in [2.75, 3.05) is 13.7 Å². The number of hydrogen-bond donors (Lipinski definition) is 2. The molecule has 0 heterocycles. The van der Waals surface area contributed by atoms with Gasteiger partial charge < -0.3 is 15.2 Å². The van der Waals surface area contributed by atoms with Gasteiger partial charge in [-0.1, -0.05) is 26.2 Å². The summed E-state index contributed by atoms with van der Waals surface area (Å²) in [5.74, 6) is 0.872. The molecule has 3 nitrogen and oxygen atoms in total. The Morgan fingerprint density at radius 2 is 2.11 bits per heavy atom. The Labute approximate surface area is 111 Å². The van der Waals surface area contributed by atoms with E-state index in [1.165, 1.54) is 32.1 Å². The van der Waals surface area contributed by atoms with E-state index in [1.54, 1.807) is 0 Å². The van der Waals surface area contributed by atoms with Gasteiger partial charge in [-0.2, -0.15) is 0 Å². The number of likely N-dealkylation sites (N-methyl/N-ethyl adjacent to an activating group) is 1. The number of rotatable bonds is 5. The molecule has 2 rings (SSSR count). The molecule has 0 aromatic rings. The van der Waals surface area contributed by atoms with Crippen LogP contribution in [0.3, 0.4) is 0 Å². The van der Waals surface area contributed by atoms with Crippen molar-refractivity contribution in [3.05, 3.63) is 0 Å². The Kier molecular flexibility index (Phi) is 5.05. The molecule has 2 aliphatic rings. The minimum Gasteiger partial charge on any atom is -0.394 e. The molecule has 2 fully saturated rings. The molecule has 18 heavy (non-hydrogen) atoms. The summed E-state index contributed by atoms with van der Waals surface area (Å²) < 4.78 is 6.29. The molecule has 0 aromatic carbocycles. The Hall–Kier alpha value is -0.120. The first kappa shape index (κ1) is 14.3. The van der Waals surface area contributed by atoms with Crippen molar-refractivity contribution in [1.29, 1.82) is 0 Å². The highest BCUT2D eigenvalue weighted by atomic mass is 16.5. The van der Waals surface area contributed by atoms with Crippen molar-refractivity contribution in [2.24, 2.45) is 5.92 Å². The summed E-state index contributed by atoms with van der Waals surface area (Å²) in [7, 11) is 1.95. The first-order valence-corrected chi connectivity index (χ1v) is 7.66. The van der Waals surface area contributed by atoms with Gasteiger partial charge in [-0.05, 0) is 45.1 Å². The van der Waals surface area contributed by atoms with E-state index in [0.717, 1.165) is 25.2 Å². The van der Waals surface area contributed by atoms with Crippen molar-refractivity contribution in [1.82, 2.24) is 5.32 Å². The largest absolute Gasteiger partial charge is 0.394 e. The normalized spacial score (nSPS) is 41.2. The molecule has 0 saturated heterocycles. The predicted octanol–water partition coefficient (Wildman–Crippen LogP) is 2.47. The number of aliphatic hydroxyl groups excluding tert-OH is 1. The van der Waals surface area contributed by atoms with E-state index in [0.29, 0.717) is 12.2 Å². The van der Waals surface area contributed by atoms with E-state index < -0.39 is 0 Å². The maximum Gasteiger partial charge on any atom is 0.0614 e. The van der Waals surface area contributed by atoms with Crippen LogP contribution < -0.4 is 5.32 Å². The molecule has 0 radical (unpaired) electrons. The van der Waals surface area contributed by atoms with Crippen LogP contribution in [0.4, 0.5) is 0 Å². The third-order valence-corrected chi connectivity index (χ3v) is 5.09. The summed E-state index contributed by atoms with van der Waals surface area (Å²) in [5, 5.41) is 12.8. The van der Waals surface area contributed by atoms with Gasteiger partial charge in [-0.25, -0.2) is 0 Å². The molecule has 3 heteroatoms. The lowest BCUT2D eigenvalue weighted by atomic mass is 9.85. The van der Waals surface area contributed by atoms with Gasteiger partial charge in [0, 0.05) is 5.54 Å². The lowest BCUT2D eigenvalue weighted by Crippen LogP contribution is -2.44. The Balaban J connectivity index is 1.80. The second kappa shape index (κ2) is 6.36. The molecule has 0 amide bonds. The van der Waals surface area contributed by atoms with Crippen LogP contribution in [0.2, 0.25) is 0 Å². The Morgan fingerprint density at radius 3 is 2.72 bits per heavy atom. The number of nitrogens with one attached hydrogen (secondary N) is 1. The predicted molar refractivity (Wildman–Crippen MR) is 73.6 cm³/mol. The Bertz CT molecular complexity index is 253. The maximum absolute atomic E-state index is 9.50. The van der Waals surface area contributed by atoms with E-state index in [4.69, 9.17) is 4.74 Å². The lowest BCUT2D eigenvalue weighted by molar-refractivity contribution is -0.0413. The van der Waals surface area contributed by atoms with Gasteiger partial charge in [0.15, 0.2) is 0 Å². The fourth-order valence-corrected chi connectivity index (χ4v) is 3.65. The van der Waals surface area contributed by atoms with E-state index in [-0.39, 0.29) is 12.1 Å². The molecule has 2 aliphatic carbocycles. The van der Waals surface area contributed by atoms with E-state index >= 15 is 0 Å². The quantitative estimate of drug-likeness (QED) is 0.793. The van der Waals surface area contributed by atoms with Crippen molar-refractivity contribution >= 4 is 0 Å². The molecule has 2 saturated carbocycles. The molecule has 0 aliphatic heterocycles. The molecule has 2 N–H and O–H groups in total. The molecular weight excluding hydrogens is 226 g/mol. The number of hydrogen-bond acceptors (Lipinski definition) is 3. The molecule has 4 unspecified atom stereocenters. The highest BCUT2D eigenvalue weighted by molar-refractivity contribution is 4.96. The van der Waals surface area contributed by atoms with Gasteiger partial charge >= 0.3 is 0 Å². The average Bonchev–Trinajstić information content (AvgIpc) is 2.83. The zero-order valence-electron chi connectivity index (χ0n) is 12.0. The van der Waals surface area contributed by atoms with Gasteiger partial charge in [0.2, 0.25) is 0 Å². The van der Waals surface area contributed by atoms with Crippen molar-refractivity contribution in [3.8, 4) is 0 Å². The first-order chi connectivity index (χ1) is 8.71. The molecule has 106 valence electrons. The summed E-state index contributed by atoms with van der Waals surface area (Å²) in [6, 6.07) is 0. The fourth-order valence-electron chi connectivity index (χ4n) is 3.65. The zero-order chi connectivity index (χ0) is 13.0.